The molecule has 0 saturated heterocycles. The van der Waals surface area contributed by atoms with E-state index in [2.05, 4.69) is 0 Å². The Morgan fingerprint density at radius 3 is 2.67 bits per heavy atom. The summed E-state index contributed by atoms with van der Waals surface area (Å²) in [6, 6.07) is 0.00579. The smallest absolute Gasteiger partial charge is 0.407 e. The molecule has 4 heteroatoms. The van der Waals surface area contributed by atoms with Crippen molar-refractivity contribution in [2.45, 2.75) is 37.8 Å². The summed E-state index contributed by atoms with van der Waals surface area (Å²) in [5.41, 5.74) is 0. The van der Waals surface area contributed by atoms with Crippen LogP contribution in [0.2, 0.25) is 0 Å². The molecule has 2 N–H and O–H groups in total. The third-order valence-electron chi connectivity index (χ3n) is 2.47. The van der Waals surface area contributed by atoms with Gasteiger partial charge in [0.1, 0.15) is 0 Å². The van der Waals surface area contributed by atoms with Crippen molar-refractivity contribution in [1.82, 2.24) is 4.90 Å². The molecule has 1 fully saturated rings. The normalized spacial score (nSPS) is 29.8. The topological polar surface area (TPSA) is 60.8 Å². The average Bonchev–Trinajstić information content (AvgIpc) is 2.03. The Bertz CT molecular complexity index is 172. The minimum Gasteiger partial charge on any atom is -0.465 e. The van der Waals surface area contributed by atoms with Crippen LogP contribution in [-0.2, 0) is 0 Å². The number of carboxylic acid groups (broad SMARTS) is 1. The first-order chi connectivity index (χ1) is 5.61. The number of rotatable bonds is 1. The Kier molecular flexibility index (Phi) is 2.92. The van der Waals surface area contributed by atoms with Gasteiger partial charge in [-0.25, -0.2) is 4.79 Å². The standard InChI is InChI=1S/C8H15NO3/c1-9(8(11)12)6-3-2-4-7(10)5-6/h6-7,10H,2-5H2,1H3,(H,11,12). The molecule has 1 amide bonds. The van der Waals surface area contributed by atoms with Gasteiger partial charge in [-0.3, -0.25) is 0 Å². The van der Waals surface area contributed by atoms with Crippen LogP contribution in [0.5, 0.6) is 0 Å². The largest absolute Gasteiger partial charge is 0.465 e. The second-order valence-electron chi connectivity index (χ2n) is 3.37. The molecular weight excluding hydrogens is 158 g/mol. The van der Waals surface area contributed by atoms with Gasteiger partial charge in [0.05, 0.1) is 6.10 Å². The van der Waals surface area contributed by atoms with E-state index in [1.165, 1.54) is 4.90 Å². The molecule has 1 aliphatic rings. The Morgan fingerprint density at radius 2 is 2.17 bits per heavy atom. The fraction of sp³-hybridized carbons (Fsp3) is 0.875. The molecule has 1 saturated carbocycles. The minimum atomic E-state index is -0.908. The number of aliphatic hydroxyl groups is 1. The van der Waals surface area contributed by atoms with Crippen LogP contribution in [0, 0.1) is 0 Å². The fourth-order valence-electron chi connectivity index (χ4n) is 1.65. The van der Waals surface area contributed by atoms with Crippen molar-refractivity contribution < 1.29 is 15.0 Å². The van der Waals surface area contributed by atoms with Crippen molar-refractivity contribution in [2.24, 2.45) is 0 Å². The Balaban J connectivity index is 2.45. The van der Waals surface area contributed by atoms with E-state index < -0.39 is 6.09 Å². The first kappa shape index (κ1) is 9.32. The molecule has 1 aliphatic carbocycles. The molecule has 12 heavy (non-hydrogen) atoms. The summed E-state index contributed by atoms with van der Waals surface area (Å²) < 4.78 is 0. The van der Waals surface area contributed by atoms with E-state index in [0.717, 1.165) is 19.3 Å². The number of amides is 1. The summed E-state index contributed by atoms with van der Waals surface area (Å²) in [5.74, 6) is 0. The Labute approximate surface area is 71.8 Å². The predicted molar refractivity (Wildman–Crippen MR) is 44.1 cm³/mol. The van der Waals surface area contributed by atoms with Crippen LogP contribution in [0.3, 0.4) is 0 Å². The quantitative estimate of drug-likeness (QED) is 0.619. The number of carbonyl (C=O) groups is 1. The van der Waals surface area contributed by atoms with Crippen LogP contribution in [0.25, 0.3) is 0 Å². The van der Waals surface area contributed by atoms with Gasteiger partial charge < -0.3 is 15.1 Å². The van der Waals surface area contributed by atoms with E-state index in [-0.39, 0.29) is 12.1 Å². The zero-order valence-electron chi connectivity index (χ0n) is 7.23. The summed E-state index contributed by atoms with van der Waals surface area (Å²) in [5, 5.41) is 18.0. The van der Waals surface area contributed by atoms with Crippen molar-refractivity contribution in [3.8, 4) is 0 Å². The van der Waals surface area contributed by atoms with Gasteiger partial charge in [0, 0.05) is 13.1 Å². The SMILES string of the molecule is CN(C(=O)O)C1CCCC(O)C1. The molecule has 2 atom stereocenters. The lowest BCUT2D eigenvalue weighted by atomic mass is 9.92. The molecule has 1 rings (SSSR count). The van der Waals surface area contributed by atoms with Crippen LogP contribution in [0.4, 0.5) is 4.79 Å². The van der Waals surface area contributed by atoms with Crippen molar-refractivity contribution >= 4 is 6.09 Å². The summed E-state index contributed by atoms with van der Waals surface area (Å²) in [6.45, 7) is 0. The number of nitrogens with zero attached hydrogens (tertiary/aromatic N) is 1. The molecule has 0 radical (unpaired) electrons. The van der Waals surface area contributed by atoms with Gasteiger partial charge in [0.15, 0.2) is 0 Å². The fourth-order valence-corrected chi connectivity index (χ4v) is 1.65. The van der Waals surface area contributed by atoms with E-state index in [4.69, 9.17) is 5.11 Å². The molecular formula is C8H15NO3. The summed E-state index contributed by atoms with van der Waals surface area (Å²) in [7, 11) is 1.56. The highest BCUT2D eigenvalue weighted by Gasteiger charge is 2.25. The Morgan fingerprint density at radius 1 is 1.50 bits per heavy atom. The lowest BCUT2D eigenvalue weighted by Gasteiger charge is -2.31. The van der Waals surface area contributed by atoms with Gasteiger partial charge in [-0.2, -0.15) is 0 Å². The molecule has 0 aliphatic heterocycles. The van der Waals surface area contributed by atoms with Crippen molar-refractivity contribution in [2.75, 3.05) is 7.05 Å². The maximum absolute atomic E-state index is 10.5. The van der Waals surface area contributed by atoms with Gasteiger partial charge in [0.2, 0.25) is 0 Å². The van der Waals surface area contributed by atoms with E-state index in [1.54, 1.807) is 7.05 Å². The predicted octanol–water partition coefficient (Wildman–Crippen LogP) is 0.900. The Hall–Kier alpha value is -0.770. The molecule has 0 aromatic carbocycles. The van der Waals surface area contributed by atoms with Crippen LogP contribution in [0.15, 0.2) is 0 Å². The zero-order chi connectivity index (χ0) is 9.14. The summed E-state index contributed by atoms with van der Waals surface area (Å²) in [4.78, 5) is 11.8. The highest BCUT2D eigenvalue weighted by atomic mass is 16.4. The molecule has 4 nitrogen and oxygen atoms in total. The van der Waals surface area contributed by atoms with Crippen molar-refractivity contribution in [1.29, 1.82) is 0 Å². The maximum Gasteiger partial charge on any atom is 0.407 e. The highest BCUT2D eigenvalue weighted by molar-refractivity contribution is 5.64. The van der Waals surface area contributed by atoms with Crippen molar-refractivity contribution in [3.05, 3.63) is 0 Å². The van der Waals surface area contributed by atoms with Crippen molar-refractivity contribution in [3.63, 3.8) is 0 Å². The number of aliphatic hydroxyl groups excluding tert-OH is 1. The monoisotopic (exact) mass is 173 g/mol. The minimum absolute atomic E-state index is 0.00579. The van der Waals surface area contributed by atoms with E-state index in [0.29, 0.717) is 6.42 Å². The van der Waals surface area contributed by atoms with Crippen LogP contribution in [-0.4, -0.2) is 40.4 Å². The van der Waals surface area contributed by atoms with Crippen LogP contribution >= 0.6 is 0 Å². The van der Waals surface area contributed by atoms with E-state index >= 15 is 0 Å². The van der Waals surface area contributed by atoms with E-state index in [1.807, 2.05) is 0 Å². The average molecular weight is 173 g/mol. The molecule has 2 unspecified atom stereocenters. The number of hydrogen-bond acceptors (Lipinski definition) is 2. The third kappa shape index (κ3) is 2.11. The second kappa shape index (κ2) is 3.76. The lowest BCUT2D eigenvalue weighted by Crippen LogP contribution is -2.40. The third-order valence-corrected chi connectivity index (χ3v) is 2.47. The lowest BCUT2D eigenvalue weighted by molar-refractivity contribution is 0.0697. The molecule has 70 valence electrons. The maximum atomic E-state index is 10.5. The van der Waals surface area contributed by atoms with Gasteiger partial charge in [-0.05, 0) is 25.7 Å². The summed E-state index contributed by atoms with van der Waals surface area (Å²) >= 11 is 0. The summed E-state index contributed by atoms with van der Waals surface area (Å²) in [6.07, 6.45) is 1.97. The molecule has 0 spiro atoms. The van der Waals surface area contributed by atoms with Gasteiger partial charge in [-0.1, -0.05) is 0 Å². The van der Waals surface area contributed by atoms with Gasteiger partial charge in [0.25, 0.3) is 0 Å². The molecule has 0 aromatic rings. The molecule has 0 aromatic heterocycles. The molecule has 0 heterocycles. The first-order valence-corrected chi connectivity index (χ1v) is 4.25. The van der Waals surface area contributed by atoms with Gasteiger partial charge >= 0.3 is 6.09 Å². The molecule has 0 bridgehead atoms. The number of hydrogen-bond donors (Lipinski definition) is 2. The van der Waals surface area contributed by atoms with Gasteiger partial charge in [-0.15, -0.1) is 0 Å². The highest BCUT2D eigenvalue weighted by Crippen LogP contribution is 2.21. The van der Waals surface area contributed by atoms with Crippen LogP contribution in [0.1, 0.15) is 25.7 Å². The van der Waals surface area contributed by atoms with E-state index in [9.17, 15) is 9.90 Å². The zero-order valence-corrected chi connectivity index (χ0v) is 7.23. The second-order valence-corrected chi connectivity index (χ2v) is 3.37. The first-order valence-electron chi connectivity index (χ1n) is 4.25. The van der Waals surface area contributed by atoms with Crippen LogP contribution < -0.4 is 0 Å².